The Morgan fingerprint density at radius 2 is 2.33 bits per heavy atom. The van der Waals surface area contributed by atoms with Gasteiger partial charge in [-0.05, 0) is 13.3 Å². The number of hydrogen-bond donors (Lipinski definition) is 1. The van der Waals surface area contributed by atoms with E-state index in [1.807, 2.05) is 6.92 Å². The van der Waals surface area contributed by atoms with Gasteiger partial charge in [0.15, 0.2) is 0 Å². The van der Waals surface area contributed by atoms with E-state index in [-0.39, 0.29) is 11.4 Å². The molecule has 0 spiro atoms. The second-order valence-electron chi connectivity index (χ2n) is 1.93. The molecule has 0 aromatic heterocycles. The fourth-order valence-corrected chi connectivity index (χ4v) is 0.643. The second kappa shape index (κ2) is 4.62. The van der Waals surface area contributed by atoms with Gasteiger partial charge in [-0.1, -0.05) is 18.5 Å². The molecule has 0 aliphatic heterocycles. The molecule has 0 bridgehead atoms. The van der Waals surface area contributed by atoms with Gasteiger partial charge in [-0.2, -0.15) is 0 Å². The quantitative estimate of drug-likeness (QED) is 0.478. The Morgan fingerprint density at radius 1 is 1.78 bits per heavy atom. The van der Waals surface area contributed by atoms with E-state index >= 15 is 0 Å². The van der Waals surface area contributed by atoms with Crippen LogP contribution < -0.4 is 5.32 Å². The molecule has 1 N–H and O–H groups in total. The van der Waals surface area contributed by atoms with Crippen molar-refractivity contribution in [3.8, 4) is 0 Å². The molecule has 0 aromatic rings. The molecule has 3 heteroatoms. The first-order valence-electron chi connectivity index (χ1n) is 3.10. The number of amides is 1. The van der Waals surface area contributed by atoms with Crippen molar-refractivity contribution >= 4 is 17.5 Å². The maximum absolute atomic E-state index is 10.7. The molecule has 0 heterocycles. The third-order valence-corrected chi connectivity index (χ3v) is 0.946. The van der Waals surface area contributed by atoms with Gasteiger partial charge in [-0.25, -0.2) is 0 Å². The first-order valence-corrected chi connectivity index (χ1v) is 3.54. The van der Waals surface area contributed by atoms with E-state index in [0.717, 1.165) is 6.42 Å². The van der Waals surface area contributed by atoms with Crippen molar-refractivity contribution in [2.75, 3.05) is 0 Å². The first kappa shape index (κ1) is 8.76. The SMILES string of the molecule is CCCC(=O)NC(C)Cl. The second-order valence-corrected chi connectivity index (χ2v) is 2.59. The standard InChI is InChI=1S/C6H12ClNO/c1-3-4-6(9)8-5(2)7/h5H,3-4H2,1-2H3,(H,8,9). The van der Waals surface area contributed by atoms with E-state index in [1.54, 1.807) is 6.92 Å². The van der Waals surface area contributed by atoms with E-state index in [1.165, 1.54) is 0 Å². The van der Waals surface area contributed by atoms with Crippen LogP contribution in [0.1, 0.15) is 26.7 Å². The minimum Gasteiger partial charge on any atom is -0.340 e. The van der Waals surface area contributed by atoms with Crippen molar-refractivity contribution in [2.24, 2.45) is 0 Å². The van der Waals surface area contributed by atoms with E-state index in [9.17, 15) is 4.79 Å². The molecule has 0 saturated heterocycles. The molecular weight excluding hydrogens is 138 g/mol. The molecule has 54 valence electrons. The van der Waals surface area contributed by atoms with Crippen LogP contribution in [0.2, 0.25) is 0 Å². The zero-order valence-electron chi connectivity index (χ0n) is 5.78. The highest BCUT2D eigenvalue weighted by Gasteiger charge is 2.00. The van der Waals surface area contributed by atoms with Crippen LogP contribution in [0, 0.1) is 0 Å². The molecular formula is C6H12ClNO. The highest BCUT2D eigenvalue weighted by atomic mass is 35.5. The largest absolute Gasteiger partial charge is 0.340 e. The molecule has 0 saturated carbocycles. The molecule has 0 rings (SSSR count). The predicted molar refractivity (Wildman–Crippen MR) is 38.4 cm³/mol. The van der Waals surface area contributed by atoms with Crippen molar-refractivity contribution in [3.05, 3.63) is 0 Å². The van der Waals surface area contributed by atoms with E-state index in [0.29, 0.717) is 6.42 Å². The fraction of sp³-hybridized carbons (Fsp3) is 0.833. The normalized spacial score (nSPS) is 12.8. The highest BCUT2D eigenvalue weighted by molar-refractivity contribution is 6.21. The van der Waals surface area contributed by atoms with Gasteiger partial charge >= 0.3 is 0 Å². The van der Waals surface area contributed by atoms with Crippen molar-refractivity contribution in [3.63, 3.8) is 0 Å². The third-order valence-electron chi connectivity index (χ3n) is 0.837. The number of hydrogen-bond acceptors (Lipinski definition) is 1. The van der Waals surface area contributed by atoms with Crippen LogP contribution in [-0.4, -0.2) is 11.4 Å². The van der Waals surface area contributed by atoms with Gasteiger partial charge < -0.3 is 5.32 Å². The molecule has 0 aromatic carbocycles. The highest BCUT2D eigenvalue weighted by Crippen LogP contribution is 1.90. The topological polar surface area (TPSA) is 29.1 Å². The van der Waals surface area contributed by atoms with Crippen LogP contribution >= 0.6 is 11.6 Å². The summed E-state index contributed by atoms with van der Waals surface area (Å²) in [6.45, 7) is 3.69. The maximum atomic E-state index is 10.7. The van der Waals surface area contributed by atoms with E-state index in [4.69, 9.17) is 11.6 Å². The average Bonchev–Trinajstić information content (AvgIpc) is 1.63. The Hall–Kier alpha value is -0.240. The summed E-state index contributed by atoms with van der Waals surface area (Å²) in [5, 5.41) is 2.57. The molecule has 2 nitrogen and oxygen atoms in total. The molecule has 1 unspecified atom stereocenters. The summed E-state index contributed by atoms with van der Waals surface area (Å²) in [5.74, 6) is 0.0278. The van der Waals surface area contributed by atoms with Crippen molar-refractivity contribution < 1.29 is 4.79 Å². The number of rotatable bonds is 3. The number of carbonyl (C=O) groups excluding carboxylic acids is 1. The Morgan fingerprint density at radius 3 is 2.67 bits per heavy atom. The van der Waals surface area contributed by atoms with Gasteiger partial charge in [0.25, 0.3) is 0 Å². The zero-order chi connectivity index (χ0) is 7.28. The van der Waals surface area contributed by atoms with Gasteiger partial charge in [0.2, 0.25) is 5.91 Å². The van der Waals surface area contributed by atoms with Crippen molar-refractivity contribution in [1.29, 1.82) is 0 Å². The molecule has 9 heavy (non-hydrogen) atoms. The molecule has 0 aliphatic carbocycles. The summed E-state index contributed by atoms with van der Waals surface area (Å²) in [6.07, 6.45) is 1.44. The lowest BCUT2D eigenvalue weighted by Crippen LogP contribution is -2.27. The van der Waals surface area contributed by atoms with Crippen LogP contribution in [0.15, 0.2) is 0 Å². The summed E-state index contributed by atoms with van der Waals surface area (Å²) in [6, 6.07) is 0. The Bertz CT molecular complexity index is 93.1. The van der Waals surface area contributed by atoms with Gasteiger partial charge in [-0.15, -0.1) is 0 Å². The van der Waals surface area contributed by atoms with Gasteiger partial charge in [0, 0.05) is 6.42 Å². The van der Waals surface area contributed by atoms with E-state index < -0.39 is 0 Å². The number of carbonyl (C=O) groups is 1. The lowest BCUT2D eigenvalue weighted by Gasteiger charge is -2.03. The molecule has 0 radical (unpaired) electrons. The van der Waals surface area contributed by atoms with Crippen molar-refractivity contribution in [1.82, 2.24) is 5.32 Å². The summed E-state index contributed by atoms with van der Waals surface area (Å²) in [7, 11) is 0. The number of halogens is 1. The van der Waals surface area contributed by atoms with Gasteiger partial charge in [0.05, 0.1) is 0 Å². The fourth-order valence-electron chi connectivity index (χ4n) is 0.521. The monoisotopic (exact) mass is 149 g/mol. The minimum atomic E-state index is -0.246. The zero-order valence-corrected chi connectivity index (χ0v) is 6.53. The Kier molecular flexibility index (Phi) is 4.50. The van der Waals surface area contributed by atoms with Gasteiger partial charge in [-0.3, -0.25) is 4.79 Å². The first-order chi connectivity index (χ1) is 4.16. The van der Waals surface area contributed by atoms with Crippen LogP contribution in [0.5, 0.6) is 0 Å². The number of alkyl halides is 1. The van der Waals surface area contributed by atoms with Crippen LogP contribution in [0.4, 0.5) is 0 Å². The Labute approximate surface area is 60.6 Å². The van der Waals surface area contributed by atoms with Crippen molar-refractivity contribution in [2.45, 2.75) is 32.2 Å². The average molecular weight is 150 g/mol. The minimum absolute atomic E-state index is 0.0278. The maximum Gasteiger partial charge on any atom is 0.221 e. The van der Waals surface area contributed by atoms with Gasteiger partial charge in [0.1, 0.15) is 5.50 Å². The molecule has 1 atom stereocenters. The third kappa shape index (κ3) is 5.63. The van der Waals surface area contributed by atoms with Crippen LogP contribution in [0.25, 0.3) is 0 Å². The smallest absolute Gasteiger partial charge is 0.221 e. The lowest BCUT2D eigenvalue weighted by molar-refractivity contribution is -0.121. The predicted octanol–water partition coefficient (Wildman–Crippen LogP) is 1.49. The Balaban J connectivity index is 3.27. The molecule has 0 aliphatic rings. The van der Waals surface area contributed by atoms with Crippen LogP contribution in [0.3, 0.4) is 0 Å². The number of nitrogens with one attached hydrogen (secondary N) is 1. The summed E-state index contributed by atoms with van der Waals surface area (Å²) >= 11 is 5.48. The summed E-state index contributed by atoms with van der Waals surface area (Å²) < 4.78 is 0. The molecule has 0 fully saturated rings. The van der Waals surface area contributed by atoms with Crippen LogP contribution in [-0.2, 0) is 4.79 Å². The van der Waals surface area contributed by atoms with E-state index in [2.05, 4.69) is 5.32 Å². The molecule has 1 amide bonds. The summed E-state index contributed by atoms with van der Waals surface area (Å²) in [4.78, 5) is 10.7. The lowest BCUT2D eigenvalue weighted by atomic mass is 10.3. The summed E-state index contributed by atoms with van der Waals surface area (Å²) in [5.41, 5.74) is -0.246.